The van der Waals surface area contributed by atoms with Crippen LogP contribution in [0, 0.1) is 0 Å². The van der Waals surface area contributed by atoms with E-state index in [1.165, 1.54) is 0 Å². The number of benzene rings is 2. The summed E-state index contributed by atoms with van der Waals surface area (Å²) in [5.41, 5.74) is 1.98. The van der Waals surface area contributed by atoms with Crippen LogP contribution in [0.5, 0.6) is 5.75 Å². The largest absolute Gasteiger partial charge is 0.492 e. The molecule has 1 heterocycles. The predicted octanol–water partition coefficient (Wildman–Crippen LogP) is 3.23. The molecule has 2 aromatic carbocycles. The van der Waals surface area contributed by atoms with Gasteiger partial charge in [-0.3, -0.25) is 9.69 Å². The number of piperazine rings is 1. The van der Waals surface area contributed by atoms with Crippen molar-refractivity contribution in [2.75, 3.05) is 43.0 Å². The van der Waals surface area contributed by atoms with Crippen LogP contribution in [0.25, 0.3) is 0 Å². The average Bonchev–Trinajstić information content (AvgIpc) is 2.69. The second-order valence-electron chi connectivity index (χ2n) is 6.46. The van der Waals surface area contributed by atoms with Crippen molar-refractivity contribution in [1.82, 2.24) is 4.90 Å². The Bertz CT molecular complexity index is 712. The maximum atomic E-state index is 12.5. The summed E-state index contributed by atoms with van der Waals surface area (Å²) < 4.78 is 5.75. The van der Waals surface area contributed by atoms with Crippen LogP contribution in [0.15, 0.2) is 54.6 Å². The first-order valence-corrected chi connectivity index (χ1v) is 9.25. The second kappa shape index (κ2) is 8.72. The fraction of sp³-hybridized carbons (Fsp3) is 0.381. The summed E-state index contributed by atoms with van der Waals surface area (Å²) >= 11 is 0. The summed E-state index contributed by atoms with van der Waals surface area (Å²) in [5, 5.41) is 2.99. The zero-order valence-corrected chi connectivity index (χ0v) is 15.5. The SMILES string of the molecule is CCOc1ccccc1N1CCN(C(C)C(=O)Nc2ccccc2)CC1. The first-order chi connectivity index (χ1) is 12.7. The Morgan fingerprint density at radius 3 is 2.38 bits per heavy atom. The van der Waals surface area contributed by atoms with Gasteiger partial charge in [0, 0.05) is 31.9 Å². The molecule has 1 amide bonds. The van der Waals surface area contributed by atoms with Gasteiger partial charge in [-0.05, 0) is 38.1 Å². The highest BCUT2D eigenvalue weighted by atomic mass is 16.5. The predicted molar refractivity (Wildman–Crippen MR) is 106 cm³/mol. The molecule has 0 aromatic heterocycles. The molecular weight excluding hydrogens is 326 g/mol. The Kier molecular flexibility index (Phi) is 6.12. The third kappa shape index (κ3) is 4.35. The summed E-state index contributed by atoms with van der Waals surface area (Å²) in [4.78, 5) is 17.1. The van der Waals surface area contributed by atoms with Crippen LogP contribution in [-0.4, -0.2) is 49.6 Å². The van der Waals surface area contributed by atoms with Crippen molar-refractivity contribution < 1.29 is 9.53 Å². The minimum atomic E-state index is -0.153. The zero-order valence-electron chi connectivity index (χ0n) is 15.5. The summed E-state index contributed by atoms with van der Waals surface area (Å²) in [5.74, 6) is 0.970. The highest BCUT2D eigenvalue weighted by Crippen LogP contribution is 2.29. The van der Waals surface area contributed by atoms with Crippen LogP contribution >= 0.6 is 0 Å². The van der Waals surface area contributed by atoms with E-state index in [9.17, 15) is 4.79 Å². The van der Waals surface area contributed by atoms with Crippen molar-refractivity contribution in [3.05, 3.63) is 54.6 Å². The first kappa shape index (κ1) is 18.3. The number of nitrogens with one attached hydrogen (secondary N) is 1. The first-order valence-electron chi connectivity index (χ1n) is 9.25. The molecule has 1 saturated heterocycles. The Morgan fingerprint density at radius 1 is 1.04 bits per heavy atom. The summed E-state index contributed by atoms with van der Waals surface area (Å²) in [7, 11) is 0. The average molecular weight is 353 g/mol. The number of para-hydroxylation sites is 3. The monoisotopic (exact) mass is 353 g/mol. The van der Waals surface area contributed by atoms with Crippen LogP contribution < -0.4 is 15.0 Å². The Balaban J connectivity index is 1.57. The molecule has 1 atom stereocenters. The van der Waals surface area contributed by atoms with Gasteiger partial charge in [0.05, 0.1) is 18.3 Å². The standard InChI is InChI=1S/C21H27N3O2/c1-3-26-20-12-8-7-11-19(20)24-15-13-23(14-16-24)17(2)21(25)22-18-9-5-4-6-10-18/h4-12,17H,3,13-16H2,1-2H3,(H,22,25). The van der Waals surface area contributed by atoms with Crippen LogP contribution in [0.4, 0.5) is 11.4 Å². The van der Waals surface area contributed by atoms with E-state index >= 15 is 0 Å². The van der Waals surface area contributed by atoms with Crippen LogP contribution in [-0.2, 0) is 4.79 Å². The second-order valence-corrected chi connectivity index (χ2v) is 6.46. The molecule has 1 aliphatic rings. The van der Waals surface area contributed by atoms with Crippen molar-refractivity contribution in [1.29, 1.82) is 0 Å². The van der Waals surface area contributed by atoms with E-state index in [-0.39, 0.29) is 11.9 Å². The van der Waals surface area contributed by atoms with Crippen LogP contribution in [0.3, 0.4) is 0 Å². The minimum absolute atomic E-state index is 0.0411. The normalized spacial score (nSPS) is 16.2. The number of hydrogen-bond acceptors (Lipinski definition) is 4. The molecule has 0 spiro atoms. The zero-order chi connectivity index (χ0) is 18.4. The van der Waals surface area contributed by atoms with Crippen molar-refractivity contribution >= 4 is 17.3 Å². The van der Waals surface area contributed by atoms with Gasteiger partial charge in [-0.15, -0.1) is 0 Å². The molecule has 5 nitrogen and oxygen atoms in total. The third-order valence-electron chi connectivity index (χ3n) is 4.79. The molecule has 1 N–H and O–H groups in total. The van der Waals surface area contributed by atoms with Crippen LogP contribution in [0.2, 0.25) is 0 Å². The molecule has 3 rings (SSSR count). The lowest BCUT2D eigenvalue weighted by Gasteiger charge is -2.39. The molecule has 1 unspecified atom stereocenters. The van der Waals surface area contributed by atoms with E-state index in [2.05, 4.69) is 21.2 Å². The van der Waals surface area contributed by atoms with Gasteiger partial charge in [-0.1, -0.05) is 30.3 Å². The smallest absolute Gasteiger partial charge is 0.241 e. The van der Waals surface area contributed by atoms with Crippen molar-refractivity contribution in [2.24, 2.45) is 0 Å². The Morgan fingerprint density at radius 2 is 1.69 bits per heavy atom. The van der Waals surface area contributed by atoms with E-state index in [1.54, 1.807) is 0 Å². The van der Waals surface area contributed by atoms with E-state index < -0.39 is 0 Å². The Hall–Kier alpha value is -2.53. The lowest BCUT2D eigenvalue weighted by atomic mass is 10.2. The van der Waals surface area contributed by atoms with Gasteiger partial charge in [0.25, 0.3) is 0 Å². The maximum Gasteiger partial charge on any atom is 0.241 e. The minimum Gasteiger partial charge on any atom is -0.492 e. The number of rotatable bonds is 6. The van der Waals surface area contributed by atoms with Gasteiger partial charge in [0.15, 0.2) is 0 Å². The molecule has 5 heteroatoms. The van der Waals surface area contributed by atoms with Gasteiger partial charge >= 0.3 is 0 Å². The fourth-order valence-corrected chi connectivity index (χ4v) is 3.28. The molecule has 138 valence electrons. The fourth-order valence-electron chi connectivity index (χ4n) is 3.28. The van der Waals surface area contributed by atoms with Crippen molar-refractivity contribution in [3.63, 3.8) is 0 Å². The highest BCUT2D eigenvalue weighted by molar-refractivity contribution is 5.94. The van der Waals surface area contributed by atoms with Gasteiger partial charge < -0.3 is 15.0 Å². The molecule has 26 heavy (non-hydrogen) atoms. The quantitative estimate of drug-likeness (QED) is 0.866. The molecule has 0 saturated carbocycles. The topological polar surface area (TPSA) is 44.8 Å². The maximum absolute atomic E-state index is 12.5. The van der Waals surface area contributed by atoms with Crippen molar-refractivity contribution in [2.45, 2.75) is 19.9 Å². The molecule has 0 bridgehead atoms. The van der Waals surface area contributed by atoms with E-state index in [0.717, 1.165) is 43.3 Å². The number of carbonyl (C=O) groups is 1. The molecule has 1 aliphatic heterocycles. The number of carbonyl (C=O) groups excluding carboxylic acids is 1. The molecule has 0 aliphatic carbocycles. The lowest BCUT2D eigenvalue weighted by molar-refractivity contribution is -0.120. The number of nitrogens with zero attached hydrogens (tertiary/aromatic N) is 2. The number of ether oxygens (including phenoxy) is 1. The Labute approximate surface area is 155 Å². The molecule has 2 aromatic rings. The highest BCUT2D eigenvalue weighted by Gasteiger charge is 2.26. The van der Waals surface area contributed by atoms with Gasteiger partial charge in [-0.25, -0.2) is 0 Å². The third-order valence-corrected chi connectivity index (χ3v) is 4.79. The number of hydrogen-bond donors (Lipinski definition) is 1. The molecule has 1 fully saturated rings. The molecular formula is C21H27N3O2. The van der Waals surface area contributed by atoms with Gasteiger partial charge in [0.2, 0.25) is 5.91 Å². The van der Waals surface area contributed by atoms with E-state index in [0.29, 0.717) is 6.61 Å². The lowest BCUT2D eigenvalue weighted by Crippen LogP contribution is -2.52. The van der Waals surface area contributed by atoms with E-state index in [4.69, 9.17) is 4.74 Å². The number of anilines is 2. The summed E-state index contributed by atoms with van der Waals surface area (Å²) in [6, 6.07) is 17.6. The van der Waals surface area contributed by atoms with Crippen LogP contribution in [0.1, 0.15) is 13.8 Å². The van der Waals surface area contributed by atoms with Gasteiger partial charge in [0.1, 0.15) is 5.75 Å². The summed E-state index contributed by atoms with van der Waals surface area (Å²) in [6.45, 7) is 8.10. The van der Waals surface area contributed by atoms with E-state index in [1.807, 2.05) is 62.4 Å². The van der Waals surface area contributed by atoms with Gasteiger partial charge in [-0.2, -0.15) is 0 Å². The number of amides is 1. The molecule has 0 radical (unpaired) electrons. The van der Waals surface area contributed by atoms with Crippen molar-refractivity contribution in [3.8, 4) is 5.75 Å². The summed E-state index contributed by atoms with van der Waals surface area (Å²) in [6.07, 6.45) is 0.